The molecule has 1 heterocycles. The average Bonchev–Trinajstić information content (AvgIpc) is 2.30. The van der Waals surface area contributed by atoms with Crippen molar-refractivity contribution < 1.29 is 0 Å². The van der Waals surface area contributed by atoms with Crippen molar-refractivity contribution in [3.63, 3.8) is 0 Å². The standard InChI is InChI=1S/C10H18N2S/c1-7-8(2)13-9(12-7)5-10(3,4)6-11/h5-6,11H2,1-4H3. The number of aromatic nitrogens is 1. The summed E-state index contributed by atoms with van der Waals surface area (Å²) in [5.41, 5.74) is 7.01. The van der Waals surface area contributed by atoms with E-state index in [1.165, 1.54) is 9.88 Å². The molecule has 0 amide bonds. The lowest BCUT2D eigenvalue weighted by atomic mass is 9.90. The van der Waals surface area contributed by atoms with Crippen LogP contribution in [0.1, 0.15) is 29.4 Å². The van der Waals surface area contributed by atoms with Gasteiger partial charge in [-0.25, -0.2) is 4.98 Å². The lowest BCUT2D eigenvalue weighted by Crippen LogP contribution is -2.25. The lowest BCUT2D eigenvalue weighted by Gasteiger charge is -2.20. The Morgan fingerprint density at radius 1 is 1.38 bits per heavy atom. The van der Waals surface area contributed by atoms with Gasteiger partial charge in [-0.3, -0.25) is 0 Å². The predicted octanol–water partition coefficient (Wildman–Crippen LogP) is 2.29. The highest BCUT2D eigenvalue weighted by atomic mass is 32.1. The average molecular weight is 198 g/mol. The maximum atomic E-state index is 5.68. The Balaban J connectivity index is 2.75. The lowest BCUT2D eigenvalue weighted by molar-refractivity contribution is 0.376. The number of hydrogen-bond donors (Lipinski definition) is 1. The van der Waals surface area contributed by atoms with Crippen LogP contribution in [0.3, 0.4) is 0 Å². The summed E-state index contributed by atoms with van der Waals surface area (Å²) in [6.07, 6.45) is 0.989. The van der Waals surface area contributed by atoms with E-state index in [-0.39, 0.29) is 5.41 Å². The summed E-state index contributed by atoms with van der Waals surface area (Å²) in [6.45, 7) is 9.25. The maximum absolute atomic E-state index is 5.68. The fraction of sp³-hybridized carbons (Fsp3) is 0.700. The van der Waals surface area contributed by atoms with Crippen LogP contribution in [-0.4, -0.2) is 11.5 Å². The molecule has 0 saturated carbocycles. The van der Waals surface area contributed by atoms with Crippen molar-refractivity contribution in [3.8, 4) is 0 Å². The topological polar surface area (TPSA) is 38.9 Å². The van der Waals surface area contributed by atoms with E-state index < -0.39 is 0 Å². The van der Waals surface area contributed by atoms with Gasteiger partial charge in [0, 0.05) is 11.3 Å². The van der Waals surface area contributed by atoms with E-state index in [0.717, 1.165) is 12.1 Å². The molecule has 1 aromatic rings. The molecular weight excluding hydrogens is 180 g/mol. The molecule has 3 heteroatoms. The Bertz CT molecular complexity index is 270. The van der Waals surface area contributed by atoms with Gasteiger partial charge in [0.1, 0.15) is 0 Å². The van der Waals surface area contributed by atoms with Crippen molar-refractivity contribution in [2.24, 2.45) is 11.1 Å². The number of nitrogens with two attached hydrogens (primary N) is 1. The van der Waals surface area contributed by atoms with E-state index in [1.54, 1.807) is 11.3 Å². The van der Waals surface area contributed by atoms with Crippen molar-refractivity contribution in [3.05, 3.63) is 15.6 Å². The van der Waals surface area contributed by atoms with Crippen LogP contribution in [-0.2, 0) is 6.42 Å². The normalized spacial score (nSPS) is 12.1. The van der Waals surface area contributed by atoms with Gasteiger partial charge in [0.25, 0.3) is 0 Å². The van der Waals surface area contributed by atoms with E-state index in [1.807, 2.05) is 0 Å². The first-order valence-corrected chi connectivity index (χ1v) is 5.39. The van der Waals surface area contributed by atoms with E-state index in [0.29, 0.717) is 6.54 Å². The molecule has 0 saturated heterocycles. The number of aryl methyl sites for hydroxylation is 2. The summed E-state index contributed by atoms with van der Waals surface area (Å²) in [7, 11) is 0. The molecular formula is C10H18N2S. The zero-order valence-corrected chi connectivity index (χ0v) is 9.66. The third-order valence-electron chi connectivity index (χ3n) is 2.26. The van der Waals surface area contributed by atoms with Gasteiger partial charge in [-0.15, -0.1) is 11.3 Å². The first-order valence-electron chi connectivity index (χ1n) is 4.57. The van der Waals surface area contributed by atoms with Crippen LogP contribution in [0.2, 0.25) is 0 Å². The summed E-state index contributed by atoms with van der Waals surface area (Å²) in [4.78, 5) is 5.83. The Hall–Kier alpha value is -0.410. The Kier molecular flexibility index (Phi) is 3.09. The fourth-order valence-corrected chi connectivity index (χ4v) is 2.29. The minimum atomic E-state index is 0.177. The molecule has 2 nitrogen and oxygen atoms in total. The van der Waals surface area contributed by atoms with E-state index in [4.69, 9.17) is 5.73 Å². The van der Waals surface area contributed by atoms with Gasteiger partial charge in [-0.1, -0.05) is 13.8 Å². The number of hydrogen-bond acceptors (Lipinski definition) is 3. The summed E-state index contributed by atoms with van der Waals surface area (Å²) in [5.74, 6) is 0. The molecule has 0 unspecified atom stereocenters. The highest BCUT2D eigenvalue weighted by Gasteiger charge is 2.18. The molecule has 0 aliphatic carbocycles. The van der Waals surface area contributed by atoms with Gasteiger partial charge in [0.05, 0.1) is 10.7 Å². The summed E-state index contributed by atoms with van der Waals surface area (Å²) < 4.78 is 0. The molecule has 0 radical (unpaired) electrons. The van der Waals surface area contributed by atoms with E-state index in [2.05, 4.69) is 32.7 Å². The Labute approximate surface area is 84.2 Å². The molecule has 1 rings (SSSR count). The predicted molar refractivity (Wildman–Crippen MR) is 58.1 cm³/mol. The quantitative estimate of drug-likeness (QED) is 0.809. The second-order valence-corrected chi connectivity index (χ2v) is 5.58. The largest absolute Gasteiger partial charge is 0.330 e. The van der Waals surface area contributed by atoms with Crippen LogP contribution < -0.4 is 5.73 Å². The highest BCUT2D eigenvalue weighted by Crippen LogP contribution is 2.25. The number of rotatable bonds is 3. The molecule has 0 fully saturated rings. The van der Waals surface area contributed by atoms with Crippen molar-refractivity contribution in [1.82, 2.24) is 4.98 Å². The molecule has 0 spiro atoms. The van der Waals surface area contributed by atoms with Crippen molar-refractivity contribution in [2.75, 3.05) is 6.54 Å². The van der Waals surface area contributed by atoms with Crippen molar-refractivity contribution >= 4 is 11.3 Å². The Morgan fingerprint density at radius 2 is 2.00 bits per heavy atom. The minimum absolute atomic E-state index is 0.177. The number of nitrogens with zero attached hydrogens (tertiary/aromatic N) is 1. The number of thiazole rings is 1. The Morgan fingerprint density at radius 3 is 2.38 bits per heavy atom. The second-order valence-electron chi connectivity index (χ2n) is 4.29. The van der Waals surface area contributed by atoms with Gasteiger partial charge in [-0.05, 0) is 25.8 Å². The van der Waals surface area contributed by atoms with Gasteiger partial charge < -0.3 is 5.73 Å². The SMILES string of the molecule is Cc1nc(CC(C)(C)CN)sc1C. The molecule has 0 aliphatic rings. The summed E-state index contributed by atoms with van der Waals surface area (Å²) in [5, 5.41) is 1.21. The first kappa shape index (κ1) is 10.7. The van der Waals surface area contributed by atoms with Gasteiger partial charge in [0.15, 0.2) is 0 Å². The first-order chi connectivity index (χ1) is 5.94. The zero-order valence-electron chi connectivity index (χ0n) is 8.85. The van der Waals surface area contributed by atoms with Crippen LogP contribution in [0, 0.1) is 19.3 Å². The van der Waals surface area contributed by atoms with Crippen LogP contribution in [0.25, 0.3) is 0 Å². The molecule has 0 atom stereocenters. The van der Waals surface area contributed by atoms with Gasteiger partial charge in [0.2, 0.25) is 0 Å². The molecule has 0 aliphatic heterocycles. The van der Waals surface area contributed by atoms with Gasteiger partial charge >= 0.3 is 0 Å². The molecule has 0 aromatic carbocycles. The van der Waals surface area contributed by atoms with Crippen LogP contribution in [0.15, 0.2) is 0 Å². The minimum Gasteiger partial charge on any atom is -0.330 e. The second kappa shape index (κ2) is 3.76. The molecule has 74 valence electrons. The van der Waals surface area contributed by atoms with E-state index >= 15 is 0 Å². The molecule has 2 N–H and O–H groups in total. The van der Waals surface area contributed by atoms with Crippen molar-refractivity contribution in [1.29, 1.82) is 0 Å². The monoisotopic (exact) mass is 198 g/mol. The molecule has 0 bridgehead atoms. The summed E-state index contributed by atoms with van der Waals surface area (Å²) >= 11 is 1.79. The van der Waals surface area contributed by atoms with Crippen LogP contribution in [0.5, 0.6) is 0 Å². The van der Waals surface area contributed by atoms with Gasteiger partial charge in [-0.2, -0.15) is 0 Å². The highest BCUT2D eigenvalue weighted by molar-refractivity contribution is 7.11. The third kappa shape index (κ3) is 2.78. The van der Waals surface area contributed by atoms with Crippen LogP contribution >= 0.6 is 11.3 Å². The van der Waals surface area contributed by atoms with Crippen LogP contribution in [0.4, 0.5) is 0 Å². The maximum Gasteiger partial charge on any atom is 0.0936 e. The van der Waals surface area contributed by atoms with Crippen molar-refractivity contribution in [2.45, 2.75) is 34.1 Å². The zero-order chi connectivity index (χ0) is 10.1. The fourth-order valence-electron chi connectivity index (χ4n) is 1.10. The molecule has 13 heavy (non-hydrogen) atoms. The van der Waals surface area contributed by atoms with E-state index in [9.17, 15) is 0 Å². The smallest absolute Gasteiger partial charge is 0.0936 e. The summed E-state index contributed by atoms with van der Waals surface area (Å²) in [6, 6.07) is 0. The third-order valence-corrected chi connectivity index (χ3v) is 3.33. The molecule has 1 aromatic heterocycles.